The Morgan fingerprint density at radius 2 is 1.81 bits per heavy atom. The maximum absolute atomic E-state index is 12.8. The number of carbonyl (C=O) groups excluding carboxylic acids is 1. The summed E-state index contributed by atoms with van der Waals surface area (Å²) in [6, 6.07) is 10.1. The van der Waals surface area contributed by atoms with Gasteiger partial charge in [-0.15, -0.1) is 10.2 Å². The molecule has 0 spiro atoms. The molecule has 1 fully saturated rings. The van der Waals surface area contributed by atoms with Gasteiger partial charge in [-0.2, -0.15) is 5.10 Å². The lowest BCUT2D eigenvalue weighted by Crippen LogP contribution is -2.48. The van der Waals surface area contributed by atoms with Gasteiger partial charge in [-0.3, -0.25) is 14.1 Å². The fourth-order valence-corrected chi connectivity index (χ4v) is 4.74. The number of aromatic nitrogens is 5. The third-order valence-corrected chi connectivity index (χ3v) is 6.83. The lowest BCUT2D eigenvalue weighted by molar-refractivity contribution is -0.132. The Morgan fingerprint density at radius 3 is 2.56 bits per heavy atom. The Morgan fingerprint density at radius 1 is 1.00 bits per heavy atom. The van der Waals surface area contributed by atoms with Crippen molar-refractivity contribution in [1.29, 1.82) is 0 Å². The van der Waals surface area contributed by atoms with Crippen molar-refractivity contribution in [1.82, 2.24) is 34.0 Å². The number of nitrogens with zero attached hydrogens (tertiary/aromatic N) is 7. The number of ether oxygens (including phenoxy) is 1. The van der Waals surface area contributed by atoms with E-state index in [1.54, 1.807) is 0 Å². The minimum atomic E-state index is 0.192. The summed E-state index contributed by atoms with van der Waals surface area (Å²) in [5, 5.41) is 13.6. The molecule has 0 bridgehead atoms. The summed E-state index contributed by atoms with van der Waals surface area (Å²) in [7, 11) is 0. The Bertz CT molecular complexity index is 1300. The Hall–Kier alpha value is -3.46. The summed E-state index contributed by atoms with van der Waals surface area (Å²) in [5.41, 5.74) is 3.51. The Kier molecular flexibility index (Phi) is 7.46. The van der Waals surface area contributed by atoms with E-state index >= 15 is 0 Å². The number of piperazine rings is 1. The molecule has 3 aromatic heterocycles. The third-order valence-electron chi connectivity index (χ3n) is 6.83. The highest BCUT2D eigenvalue weighted by atomic mass is 16.5. The zero-order valence-electron chi connectivity index (χ0n) is 21.3. The summed E-state index contributed by atoms with van der Waals surface area (Å²) in [6.45, 7) is 9.74. The molecule has 0 atom stereocenters. The second-order valence-electron chi connectivity index (χ2n) is 9.42. The molecule has 36 heavy (non-hydrogen) atoms. The van der Waals surface area contributed by atoms with Crippen molar-refractivity contribution in [3.05, 3.63) is 48.5 Å². The molecule has 9 heteroatoms. The van der Waals surface area contributed by atoms with Gasteiger partial charge in [0.1, 0.15) is 17.1 Å². The van der Waals surface area contributed by atoms with Crippen LogP contribution in [0, 0.1) is 0 Å². The molecule has 1 aliphatic rings. The fourth-order valence-electron chi connectivity index (χ4n) is 4.74. The van der Waals surface area contributed by atoms with Gasteiger partial charge in [-0.05, 0) is 49.7 Å². The van der Waals surface area contributed by atoms with Crippen LogP contribution in [0.2, 0.25) is 0 Å². The second-order valence-corrected chi connectivity index (χ2v) is 9.42. The first-order chi connectivity index (χ1) is 17.7. The largest absolute Gasteiger partial charge is 0.494 e. The molecular weight excluding hydrogens is 454 g/mol. The van der Waals surface area contributed by atoms with Gasteiger partial charge in [-0.25, -0.2) is 4.52 Å². The summed E-state index contributed by atoms with van der Waals surface area (Å²) < 4.78 is 9.57. The number of hydrogen-bond acceptors (Lipinski definition) is 6. The molecule has 1 aromatic carbocycles. The van der Waals surface area contributed by atoms with Gasteiger partial charge in [-0.1, -0.05) is 20.3 Å². The molecule has 0 unspecified atom stereocenters. The maximum Gasteiger partial charge on any atom is 0.223 e. The molecule has 0 N–H and O–H groups in total. The van der Waals surface area contributed by atoms with E-state index in [-0.39, 0.29) is 5.91 Å². The van der Waals surface area contributed by atoms with Gasteiger partial charge in [0.15, 0.2) is 5.65 Å². The van der Waals surface area contributed by atoms with Gasteiger partial charge < -0.3 is 9.64 Å². The average Bonchev–Trinajstić information content (AvgIpc) is 3.53. The number of amides is 1. The van der Waals surface area contributed by atoms with Crippen LogP contribution in [0.4, 0.5) is 0 Å². The van der Waals surface area contributed by atoms with E-state index in [0.717, 1.165) is 92.6 Å². The van der Waals surface area contributed by atoms with Crippen LogP contribution in [0.3, 0.4) is 0 Å². The standard InChI is InChI=1S/C27H35N7O2/c1-3-5-19-36-22-8-6-21(7-9-22)23-20-24-27-29-28-25(33(27)17-18-34(24)30-23)10-11-26(35)32-15-13-31(12-4-2)14-16-32/h6-9,17-18,20H,3-5,10-16,19H2,1-2H3. The molecule has 1 aliphatic heterocycles. The van der Waals surface area contributed by atoms with Gasteiger partial charge in [0.05, 0.1) is 12.3 Å². The number of carbonyl (C=O) groups is 1. The van der Waals surface area contributed by atoms with Gasteiger partial charge in [0, 0.05) is 57.0 Å². The zero-order valence-corrected chi connectivity index (χ0v) is 21.3. The lowest BCUT2D eigenvalue weighted by Gasteiger charge is -2.34. The molecule has 4 heterocycles. The summed E-state index contributed by atoms with van der Waals surface area (Å²) in [6.07, 6.45) is 8.16. The van der Waals surface area contributed by atoms with E-state index in [2.05, 4.69) is 28.9 Å². The van der Waals surface area contributed by atoms with Crippen molar-refractivity contribution in [3.8, 4) is 17.0 Å². The molecule has 0 radical (unpaired) electrons. The first-order valence-electron chi connectivity index (χ1n) is 13.1. The van der Waals surface area contributed by atoms with Crippen LogP contribution in [0.25, 0.3) is 22.4 Å². The molecule has 5 rings (SSSR count). The van der Waals surface area contributed by atoms with E-state index in [0.29, 0.717) is 12.8 Å². The summed E-state index contributed by atoms with van der Waals surface area (Å²) >= 11 is 0. The van der Waals surface area contributed by atoms with Crippen molar-refractivity contribution in [2.45, 2.75) is 46.0 Å². The Balaban J connectivity index is 1.26. The van der Waals surface area contributed by atoms with Crippen LogP contribution >= 0.6 is 0 Å². The fraction of sp³-hybridized carbons (Fsp3) is 0.481. The lowest BCUT2D eigenvalue weighted by atomic mass is 10.1. The molecule has 4 aromatic rings. The van der Waals surface area contributed by atoms with E-state index in [1.165, 1.54) is 0 Å². The van der Waals surface area contributed by atoms with E-state index in [4.69, 9.17) is 9.84 Å². The quantitative estimate of drug-likeness (QED) is 0.316. The van der Waals surface area contributed by atoms with Gasteiger partial charge in [0.2, 0.25) is 5.91 Å². The minimum Gasteiger partial charge on any atom is -0.494 e. The van der Waals surface area contributed by atoms with Crippen LogP contribution in [0.5, 0.6) is 5.75 Å². The molecule has 1 amide bonds. The summed E-state index contributed by atoms with van der Waals surface area (Å²) in [5.74, 6) is 1.86. The second kappa shape index (κ2) is 11.1. The van der Waals surface area contributed by atoms with Crippen molar-refractivity contribution in [3.63, 3.8) is 0 Å². The van der Waals surface area contributed by atoms with Crippen LogP contribution in [-0.4, -0.2) is 79.2 Å². The van der Waals surface area contributed by atoms with E-state index < -0.39 is 0 Å². The van der Waals surface area contributed by atoms with Gasteiger partial charge >= 0.3 is 0 Å². The highest BCUT2D eigenvalue weighted by molar-refractivity contribution is 5.78. The molecule has 190 valence electrons. The third kappa shape index (κ3) is 5.21. The normalized spacial score (nSPS) is 14.7. The maximum atomic E-state index is 12.8. The SMILES string of the molecule is CCCCOc1ccc(-c2cc3c4nnc(CCC(=O)N5CCN(CCC)CC5)n4ccn3n2)cc1. The van der Waals surface area contributed by atoms with Crippen LogP contribution in [0.15, 0.2) is 42.7 Å². The first-order valence-corrected chi connectivity index (χ1v) is 13.1. The number of hydrogen-bond donors (Lipinski definition) is 0. The topological polar surface area (TPSA) is 80.3 Å². The average molecular weight is 490 g/mol. The van der Waals surface area contributed by atoms with Crippen LogP contribution in [-0.2, 0) is 11.2 Å². The molecular formula is C27H35N7O2. The minimum absolute atomic E-state index is 0.192. The molecule has 9 nitrogen and oxygen atoms in total. The first kappa shape index (κ1) is 24.2. The zero-order chi connectivity index (χ0) is 24.9. The predicted molar refractivity (Wildman–Crippen MR) is 139 cm³/mol. The highest BCUT2D eigenvalue weighted by Crippen LogP contribution is 2.24. The van der Waals surface area contributed by atoms with Crippen LogP contribution < -0.4 is 4.74 Å². The number of unbranched alkanes of at least 4 members (excludes halogenated alkanes) is 1. The number of benzene rings is 1. The number of aryl methyl sites for hydroxylation is 1. The van der Waals surface area contributed by atoms with E-state index in [1.807, 2.05) is 56.5 Å². The predicted octanol–water partition coefficient (Wildman–Crippen LogP) is 3.71. The molecule has 0 aliphatic carbocycles. The number of fused-ring (bicyclic) bond motifs is 3. The summed E-state index contributed by atoms with van der Waals surface area (Å²) in [4.78, 5) is 17.2. The van der Waals surface area contributed by atoms with Crippen LogP contribution in [0.1, 0.15) is 45.4 Å². The monoisotopic (exact) mass is 489 g/mol. The van der Waals surface area contributed by atoms with Gasteiger partial charge in [0.25, 0.3) is 0 Å². The Labute approximate surface area is 211 Å². The van der Waals surface area contributed by atoms with Crippen molar-refractivity contribution < 1.29 is 9.53 Å². The molecule has 1 saturated heterocycles. The smallest absolute Gasteiger partial charge is 0.223 e. The highest BCUT2D eigenvalue weighted by Gasteiger charge is 2.21. The van der Waals surface area contributed by atoms with Crippen molar-refractivity contribution >= 4 is 17.1 Å². The van der Waals surface area contributed by atoms with E-state index in [9.17, 15) is 4.79 Å². The van der Waals surface area contributed by atoms with Crippen molar-refractivity contribution in [2.75, 3.05) is 39.3 Å². The van der Waals surface area contributed by atoms with Crippen molar-refractivity contribution in [2.24, 2.45) is 0 Å². The molecule has 0 saturated carbocycles. The number of rotatable bonds is 10.